The van der Waals surface area contributed by atoms with Crippen molar-refractivity contribution in [2.45, 2.75) is 36.6 Å². The van der Waals surface area contributed by atoms with E-state index in [2.05, 4.69) is 5.10 Å². The number of rotatable bonds is 9. The van der Waals surface area contributed by atoms with Gasteiger partial charge < -0.3 is 29.4 Å². The molecule has 0 radical (unpaired) electrons. The number of methoxy groups -OCH3 is 1. The van der Waals surface area contributed by atoms with Crippen LogP contribution < -0.4 is 10.5 Å². The Morgan fingerprint density at radius 3 is 2.51 bits per heavy atom. The number of aromatic nitrogens is 2. The molecule has 2 saturated heterocycles. The largest absolute Gasteiger partial charge is 0.492 e. The smallest absolute Gasteiger partial charge is 0.314 e. The van der Waals surface area contributed by atoms with E-state index >= 15 is 0 Å². The van der Waals surface area contributed by atoms with Crippen molar-refractivity contribution in [3.8, 4) is 5.75 Å². The van der Waals surface area contributed by atoms with Crippen LogP contribution in [0, 0.1) is 5.92 Å². The molecule has 0 spiro atoms. The summed E-state index contributed by atoms with van der Waals surface area (Å²) in [5.74, 6) is -0.482. The maximum absolute atomic E-state index is 13.9. The number of likely N-dealkylation sites (tertiary alicyclic amines) is 1. The molecule has 2 aliphatic heterocycles. The number of morpholine rings is 1. The second-order valence-electron chi connectivity index (χ2n) is 10.2. The quantitative estimate of drug-likeness (QED) is 0.379. The molecule has 41 heavy (non-hydrogen) atoms. The number of hydrogen-bond acceptors (Lipinski definition) is 9. The Balaban J connectivity index is 1.46. The summed E-state index contributed by atoms with van der Waals surface area (Å²) in [5, 5.41) is 5.17. The molecule has 0 saturated carbocycles. The second kappa shape index (κ2) is 12.9. The maximum Gasteiger partial charge on any atom is 0.314 e. The van der Waals surface area contributed by atoms with E-state index in [9.17, 15) is 14.4 Å². The van der Waals surface area contributed by atoms with Crippen molar-refractivity contribution in [2.75, 3.05) is 46.5 Å². The van der Waals surface area contributed by atoms with Crippen molar-refractivity contribution in [3.05, 3.63) is 65.2 Å². The van der Waals surface area contributed by atoms with Crippen molar-refractivity contribution < 1.29 is 28.3 Å². The predicted molar refractivity (Wildman–Crippen MR) is 152 cm³/mol. The van der Waals surface area contributed by atoms with Crippen LogP contribution >= 0.6 is 11.8 Å². The summed E-state index contributed by atoms with van der Waals surface area (Å²) >= 11 is 1.39. The van der Waals surface area contributed by atoms with Gasteiger partial charge in [0.05, 0.1) is 39.0 Å². The van der Waals surface area contributed by atoms with Gasteiger partial charge in [-0.2, -0.15) is 9.78 Å². The van der Waals surface area contributed by atoms with E-state index in [0.29, 0.717) is 68.0 Å². The minimum atomic E-state index is -0.676. The van der Waals surface area contributed by atoms with Gasteiger partial charge in [0.2, 0.25) is 11.8 Å². The number of benzene rings is 1. The molecular formula is C29H35N5O6S. The number of furan rings is 1. The van der Waals surface area contributed by atoms with Crippen LogP contribution in [0.5, 0.6) is 5.75 Å². The van der Waals surface area contributed by atoms with Crippen LogP contribution in [-0.2, 0) is 26.6 Å². The summed E-state index contributed by atoms with van der Waals surface area (Å²) in [7, 11) is 1.51. The van der Waals surface area contributed by atoms with Crippen LogP contribution in [-0.4, -0.2) is 83.8 Å². The molecule has 2 fully saturated rings. The Kier molecular flexibility index (Phi) is 9.11. The van der Waals surface area contributed by atoms with Crippen LogP contribution in [0.2, 0.25) is 0 Å². The molecule has 5 rings (SSSR count). The zero-order chi connectivity index (χ0) is 28.9. The van der Waals surface area contributed by atoms with Crippen molar-refractivity contribution in [2.24, 2.45) is 11.7 Å². The van der Waals surface area contributed by atoms with Crippen LogP contribution in [0.25, 0.3) is 0 Å². The summed E-state index contributed by atoms with van der Waals surface area (Å²) in [6.07, 6.45) is 2.11. The van der Waals surface area contributed by atoms with E-state index in [1.54, 1.807) is 21.9 Å². The lowest BCUT2D eigenvalue weighted by Gasteiger charge is -2.37. The number of thioether (sulfide) groups is 1. The first kappa shape index (κ1) is 28.9. The Morgan fingerprint density at radius 2 is 1.85 bits per heavy atom. The first-order chi connectivity index (χ1) is 19.9. The number of piperidine rings is 1. The van der Waals surface area contributed by atoms with E-state index in [0.717, 1.165) is 11.1 Å². The Bertz CT molecular complexity index is 1370. The Hall–Kier alpha value is -3.61. The fraction of sp³-hybridized carbons (Fsp3) is 0.448. The number of amides is 2. The second-order valence-corrected chi connectivity index (χ2v) is 11.2. The van der Waals surface area contributed by atoms with E-state index in [1.165, 1.54) is 29.8 Å². The van der Waals surface area contributed by atoms with Gasteiger partial charge in [0.15, 0.2) is 11.5 Å². The van der Waals surface area contributed by atoms with E-state index in [-0.39, 0.29) is 30.0 Å². The van der Waals surface area contributed by atoms with Gasteiger partial charge in [-0.15, -0.1) is 0 Å². The molecule has 2 aromatic heterocycles. The molecule has 12 heteroatoms. The first-order valence-electron chi connectivity index (χ1n) is 13.7. The standard InChI is InChI=1S/C29H35N5O6S/c1-19-9-10-33(17-23(35)32-11-14-39-15-12-32)28(37)24(19)25-26(38-2)29(34(31-25)27(36)22-4-3-13-40-22)41-18-21-7-5-20(16-30)6-8-21/h3-8,13,19,24H,9-12,14-18,30H2,1-2H3. The van der Waals surface area contributed by atoms with Gasteiger partial charge >= 0.3 is 5.91 Å². The summed E-state index contributed by atoms with van der Waals surface area (Å²) in [6.45, 7) is 4.94. The fourth-order valence-electron chi connectivity index (χ4n) is 5.19. The molecule has 2 amide bonds. The minimum absolute atomic E-state index is 0.00317. The SMILES string of the molecule is COc1c(C2C(=O)N(CC(=O)N3CCOCC3)CCC2C)nn(C(=O)c2ccco2)c1SCc1ccc(CN)cc1. The molecule has 0 bridgehead atoms. The molecule has 11 nitrogen and oxygen atoms in total. The molecular weight excluding hydrogens is 546 g/mol. The highest BCUT2D eigenvalue weighted by Crippen LogP contribution is 2.43. The number of nitrogens with two attached hydrogens (primary N) is 1. The molecule has 2 N–H and O–H groups in total. The Labute approximate surface area is 242 Å². The zero-order valence-corrected chi connectivity index (χ0v) is 24.1. The summed E-state index contributed by atoms with van der Waals surface area (Å²) < 4.78 is 17.9. The van der Waals surface area contributed by atoms with Gasteiger partial charge in [-0.25, -0.2) is 0 Å². The summed E-state index contributed by atoms with van der Waals surface area (Å²) in [4.78, 5) is 43.7. The zero-order valence-electron chi connectivity index (χ0n) is 23.3. The average molecular weight is 582 g/mol. The number of nitrogens with zero attached hydrogens (tertiary/aromatic N) is 4. The first-order valence-corrected chi connectivity index (χ1v) is 14.7. The van der Waals surface area contributed by atoms with Crippen molar-refractivity contribution >= 4 is 29.5 Å². The van der Waals surface area contributed by atoms with Crippen LogP contribution in [0.4, 0.5) is 0 Å². The molecule has 2 atom stereocenters. The molecule has 4 heterocycles. The highest BCUT2D eigenvalue weighted by molar-refractivity contribution is 7.98. The molecule has 2 unspecified atom stereocenters. The van der Waals surface area contributed by atoms with Crippen LogP contribution in [0.1, 0.15) is 46.6 Å². The van der Waals surface area contributed by atoms with Crippen molar-refractivity contribution in [1.82, 2.24) is 19.6 Å². The monoisotopic (exact) mass is 581 g/mol. The molecule has 1 aromatic carbocycles. The third-order valence-corrected chi connectivity index (χ3v) is 8.68. The predicted octanol–water partition coefficient (Wildman–Crippen LogP) is 2.73. The van der Waals surface area contributed by atoms with Crippen molar-refractivity contribution in [1.29, 1.82) is 0 Å². The molecule has 0 aliphatic carbocycles. The normalized spacial score (nSPS) is 19.4. The molecule has 218 valence electrons. The molecule has 2 aliphatic rings. The fourth-order valence-corrected chi connectivity index (χ4v) is 6.25. The van der Waals surface area contributed by atoms with Crippen LogP contribution in [0.3, 0.4) is 0 Å². The number of hydrogen-bond donors (Lipinski definition) is 1. The van der Waals surface area contributed by atoms with Gasteiger partial charge in [-0.3, -0.25) is 14.4 Å². The van der Waals surface area contributed by atoms with E-state index in [1.807, 2.05) is 31.2 Å². The van der Waals surface area contributed by atoms with Gasteiger partial charge in [0.1, 0.15) is 10.7 Å². The van der Waals surface area contributed by atoms with E-state index < -0.39 is 11.8 Å². The summed E-state index contributed by atoms with van der Waals surface area (Å²) in [6, 6.07) is 11.1. The highest BCUT2D eigenvalue weighted by atomic mass is 32.2. The van der Waals surface area contributed by atoms with Crippen molar-refractivity contribution in [3.63, 3.8) is 0 Å². The van der Waals surface area contributed by atoms with Crippen LogP contribution in [0.15, 0.2) is 52.1 Å². The topological polar surface area (TPSA) is 133 Å². The maximum atomic E-state index is 13.9. The van der Waals surface area contributed by atoms with E-state index in [4.69, 9.17) is 19.6 Å². The lowest BCUT2D eigenvalue weighted by atomic mass is 9.83. The minimum Gasteiger partial charge on any atom is -0.492 e. The Morgan fingerprint density at radius 1 is 1.12 bits per heavy atom. The third-order valence-electron chi connectivity index (χ3n) is 7.58. The number of carbonyl (C=O) groups excluding carboxylic acids is 3. The number of carbonyl (C=O) groups is 3. The summed E-state index contributed by atoms with van der Waals surface area (Å²) in [5.41, 5.74) is 8.18. The van der Waals surface area contributed by atoms with Gasteiger partial charge in [0.25, 0.3) is 0 Å². The lowest BCUT2D eigenvalue weighted by molar-refractivity contribution is -0.146. The van der Waals surface area contributed by atoms with Gasteiger partial charge in [-0.05, 0) is 35.6 Å². The molecule has 3 aromatic rings. The van der Waals surface area contributed by atoms with Gasteiger partial charge in [0, 0.05) is 31.9 Å². The lowest BCUT2D eigenvalue weighted by Crippen LogP contribution is -2.50. The number of ether oxygens (including phenoxy) is 2. The highest BCUT2D eigenvalue weighted by Gasteiger charge is 2.42. The average Bonchev–Trinajstić information content (AvgIpc) is 3.67. The third kappa shape index (κ3) is 6.19. The van der Waals surface area contributed by atoms with Gasteiger partial charge in [-0.1, -0.05) is 43.0 Å².